The molecule has 2 aromatic heterocycles. The molecule has 1 saturated heterocycles. The summed E-state index contributed by atoms with van der Waals surface area (Å²) >= 11 is 0. The summed E-state index contributed by atoms with van der Waals surface area (Å²) in [6, 6.07) is 1.94. The van der Waals surface area contributed by atoms with E-state index in [2.05, 4.69) is 20.0 Å². The molecule has 146 valence electrons. The van der Waals surface area contributed by atoms with Crippen LogP contribution in [-0.2, 0) is 10.2 Å². The van der Waals surface area contributed by atoms with Crippen molar-refractivity contribution in [2.24, 2.45) is 0 Å². The van der Waals surface area contributed by atoms with E-state index in [9.17, 15) is 5.11 Å². The summed E-state index contributed by atoms with van der Waals surface area (Å²) in [5.74, 6) is 1.57. The van der Waals surface area contributed by atoms with Crippen LogP contribution in [0, 0.1) is 0 Å². The van der Waals surface area contributed by atoms with Crippen LogP contribution in [0.3, 0.4) is 0 Å². The van der Waals surface area contributed by atoms with Crippen LogP contribution in [0.25, 0.3) is 11.5 Å². The van der Waals surface area contributed by atoms with E-state index in [4.69, 9.17) is 9.26 Å². The molecular weight excluding hydrogens is 344 g/mol. The van der Waals surface area contributed by atoms with Crippen molar-refractivity contribution < 1.29 is 14.4 Å². The minimum Gasteiger partial charge on any atom is -0.387 e. The number of β-amino-alcohol motifs (C(OH)–C–C–N with tert-alkyl or cyclic N) is 1. The van der Waals surface area contributed by atoms with E-state index in [1.165, 1.54) is 0 Å². The third-order valence-corrected chi connectivity index (χ3v) is 5.18. The lowest BCUT2D eigenvalue weighted by Gasteiger charge is -2.29. The molecule has 0 amide bonds. The number of rotatable bonds is 5. The molecule has 0 aromatic carbocycles. The van der Waals surface area contributed by atoms with Crippen molar-refractivity contribution in [3.05, 3.63) is 29.3 Å². The molecule has 1 atom stereocenters. The van der Waals surface area contributed by atoms with Gasteiger partial charge in [-0.05, 0) is 36.0 Å². The Kier molecular flexibility index (Phi) is 5.01. The topological polar surface area (TPSA) is 84.5 Å². The van der Waals surface area contributed by atoms with Crippen LogP contribution in [0.1, 0.15) is 62.7 Å². The molecule has 0 spiro atoms. The second-order valence-electron chi connectivity index (χ2n) is 8.57. The van der Waals surface area contributed by atoms with Crippen molar-refractivity contribution in [2.45, 2.75) is 51.0 Å². The predicted octanol–water partition coefficient (Wildman–Crippen LogP) is 2.67. The first-order valence-electron chi connectivity index (χ1n) is 9.74. The van der Waals surface area contributed by atoms with Gasteiger partial charge in [0.2, 0.25) is 11.7 Å². The van der Waals surface area contributed by atoms with Gasteiger partial charge in [-0.25, -0.2) is 0 Å². The third kappa shape index (κ3) is 4.20. The molecule has 1 aliphatic carbocycles. The lowest BCUT2D eigenvalue weighted by molar-refractivity contribution is 0.0142. The maximum atomic E-state index is 11.0. The van der Waals surface area contributed by atoms with E-state index >= 15 is 0 Å². The second-order valence-corrected chi connectivity index (χ2v) is 8.57. The van der Waals surface area contributed by atoms with Gasteiger partial charge in [0.15, 0.2) is 0 Å². The van der Waals surface area contributed by atoms with E-state index in [0.717, 1.165) is 50.3 Å². The zero-order valence-electron chi connectivity index (χ0n) is 16.3. The zero-order chi connectivity index (χ0) is 19.0. The average molecular weight is 372 g/mol. The highest BCUT2D eigenvalue weighted by atomic mass is 16.5. The maximum Gasteiger partial charge on any atom is 0.232 e. The van der Waals surface area contributed by atoms with Crippen molar-refractivity contribution >= 4 is 0 Å². The van der Waals surface area contributed by atoms with E-state index < -0.39 is 6.10 Å². The molecule has 0 bridgehead atoms. The molecule has 1 saturated carbocycles. The number of hydrogen-bond donors (Lipinski definition) is 1. The van der Waals surface area contributed by atoms with Crippen molar-refractivity contribution in [1.29, 1.82) is 0 Å². The SMILES string of the molecule is CC(C)(C)c1nc(-c2cc(C(O)CN3CCOCC3)c(C3CC3)cn2)no1. The monoisotopic (exact) mass is 372 g/mol. The van der Waals surface area contributed by atoms with Crippen LogP contribution in [0.2, 0.25) is 0 Å². The van der Waals surface area contributed by atoms with E-state index in [1.807, 2.05) is 33.0 Å². The summed E-state index contributed by atoms with van der Waals surface area (Å²) in [6.45, 7) is 9.86. The van der Waals surface area contributed by atoms with Crippen molar-refractivity contribution in [3.8, 4) is 11.5 Å². The Morgan fingerprint density at radius 1 is 1.26 bits per heavy atom. The highest BCUT2D eigenvalue weighted by Crippen LogP contribution is 2.43. The average Bonchev–Trinajstić information content (AvgIpc) is 3.36. The quantitative estimate of drug-likeness (QED) is 0.864. The van der Waals surface area contributed by atoms with Gasteiger partial charge in [0.25, 0.3) is 0 Å². The van der Waals surface area contributed by atoms with Gasteiger partial charge in [-0.3, -0.25) is 9.88 Å². The maximum absolute atomic E-state index is 11.0. The summed E-state index contributed by atoms with van der Waals surface area (Å²) < 4.78 is 10.8. The lowest BCUT2D eigenvalue weighted by atomic mass is 9.97. The van der Waals surface area contributed by atoms with Gasteiger partial charge >= 0.3 is 0 Å². The smallest absolute Gasteiger partial charge is 0.232 e. The molecule has 2 fully saturated rings. The fraction of sp³-hybridized carbons (Fsp3) is 0.650. The van der Waals surface area contributed by atoms with Crippen LogP contribution in [0.15, 0.2) is 16.8 Å². The number of pyridine rings is 1. The highest BCUT2D eigenvalue weighted by molar-refractivity contribution is 5.52. The van der Waals surface area contributed by atoms with E-state index in [0.29, 0.717) is 29.9 Å². The third-order valence-electron chi connectivity index (χ3n) is 5.18. The van der Waals surface area contributed by atoms with Crippen LogP contribution in [0.4, 0.5) is 0 Å². The Bertz CT molecular complexity index is 789. The van der Waals surface area contributed by atoms with E-state index in [-0.39, 0.29) is 5.41 Å². The molecule has 1 unspecified atom stereocenters. The fourth-order valence-corrected chi connectivity index (χ4v) is 3.39. The number of aromatic nitrogens is 3. The first kappa shape index (κ1) is 18.5. The summed E-state index contributed by atoms with van der Waals surface area (Å²) in [7, 11) is 0. The Morgan fingerprint density at radius 3 is 2.63 bits per heavy atom. The van der Waals surface area contributed by atoms with Crippen LogP contribution < -0.4 is 0 Å². The number of nitrogens with zero attached hydrogens (tertiary/aromatic N) is 4. The number of aliphatic hydroxyl groups is 1. The number of aliphatic hydroxyl groups excluding tert-OH is 1. The predicted molar refractivity (Wildman–Crippen MR) is 100 cm³/mol. The molecule has 2 aliphatic rings. The first-order chi connectivity index (χ1) is 12.9. The number of morpholine rings is 1. The van der Waals surface area contributed by atoms with Crippen LogP contribution in [-0.4, -0.2) is 58.0 Å². The molecule has 3 heterocycles. The highest BCUT2D eigenvalue weighted by Gasteiger charge is 2.30. The number of ether oxygens (including phenoxy) is 1. The number of hydrogen-bond acceptors (Lipinski definition) is 7. The first-order valence-corrected chi connectivity index (χ1v) is 9.74. The van der Waals surface area contributed by atoms with Crippen LogP contribution >= 0.6 is 0 Å². The Morgan fingerprint density at radius 2 is 2.00 bits per heavy atom. The van der Waals surface area contributed by atoms with Crippen LogP contribution in [0.5, 0.6) is 0 Å². The molecule has 0 radical (unpaired) electrons. The second kappa shape index (κ2) is 7.30. The zero-order valence-corrected chi connectivity index (χ0v) is 16.3. The van der Waals surface area contributed by atoms with Gasteiger partial charge in [0.1, 0.15) is 5.69 Å². The van der Waals surface area contributed by atoms with Gasteiger partial charge in [0, 0.05) is 31.2 Å². The van der Waals surface area contributed by atoms with E-state index in [1.54, 1.807) is 0 Å². The molecule has 7 nitrogen and oxygen atoms in total. The van der Waals surface area contributed by atoms with Crippen molar-refractivity contribution in [3.63, 3.8) is 0 Å². The van der Waals surface area contributed by atoms with Gasteiger partial charge in [-0.15, -0.1) is 0 Å². The molecular formula is C20H28N4O3. The molecule has 1 aliphatic heterocycles. The Labute approximate surface area is 159 Å². The fourth-order valence-electron chi connectivity index (χ4n) is 3.39. The van der Waals surface area contributed by atoms with Gasteiger partial charge in [-0.1, -0.05) is 25.9 Å². The normalized spacial score (nSPS) is 20.0. The summed E-state index contributed by atoms with van der Waals surface area (Å²) in [5, 5.41) is 15.1. The summed E-state index contributed by atoms with van der Waals surface area (Å²) in [6.07, 6.45) is 3.65. The van der Waals surface area contributed by atoms with Gasteiger partial charge < -0.3 is 14.4 Å². The summed E-state index contributed by atoms with van der Waals surface area (Å²) in [5.41, 5.74) is 2.53. The standard InChI is InChI=1S/C20H28N4O3/c1-20(2,3)19-22-18(23-27-19)16-10-14(15(11-21-16)13-4-5-13)17(25)12-24-6-8-26-9-7-24/h10-11,13,17,25H,4-9,12H2,1-3H3. The summed E-state index contributed by atoms with van der Waals surface area (Å²) in [4.78, 5) is 11.3. The van der Waals surface area contributed by atoms with Gasteiger partial charge in [-0.2, -0.15) is 4.98 Å². The minimum atomic E-state index is -0.561. The molecule has 1 N–H and O–H groups in total. The lowest BCUT2D eigenvalue weighted by Crippen LogP contribution is -2.39. The largest absolute Gasteiger partial charge is 0.387 e. The molecule has 7 heteroatoms. The van der Waals surface area contributed by atoms with Gasteiger partial charge in [0.05, 0.1) is 19.3 Å². The van der Waals surface area contributed by atoms with Crippen molar-refractivity contribution in [2.75, 3.05) is 32.8 Å². The minimum absolute atomic E-state index is 0.210. The molecule has 2 aromatic rings. The molecule has 27 heavy (non-hydrogen) atoms. The molecule has 4 rings (SSSR count). The Hall–Kier alpha value is -1.83. The Balaban J connectivity index is 1.61. The van der Waals surface area contributed by atoms with Crippen molar-refractivity contribution in [1.82, 2.24) is 20.0 Å².